The van der Waals surface area contributed by atoms with Crippen LogP contribution in [-0.4, -0.2) is 28.4 Å². The standard InChI is InChI=1S/C24H22N2O2/c27-24(16-28-22-9-6-18-3-1-2-4-19(18)14-22)26(21-7-8-21)15-17-5-10-23-20(13-17)11-12-25-23/h1-6,9-14,21,25H,7-8,15-16H2. The molecule has 140 valence electrons. The van der Waals surface area contributed by atoms with Crippen molar-refractivity contribution in [3.8, 4) is 5.75 Å². The summed E-state index contributed by atoms with van der Waals surface area (Å²) in [6.07, 6.45) is 4.10. The van der Waals surface area contributed by atoms with E-state index in [4.69, 9.17) is 4.74 Å². The van der Waals surface area contributed by atoms with Gasteiger partial charge in [-0.1, -0.05) is 36.4 Å². The first-order valence-electron chi connectivity index (χ1n) is 9.73. The average molecular weight is 370 g/mol. The molecule has 1 aliphatic rings. The van der Waals surface area contributed by atoms with Crippen LogP contribution in [0.4, 0.5) is 0 Å². The monoisotopic (exact) mass is 370 g/mol. The van der Waals surface area contributed by atoms with Crippen molar-refractivity contribution < 1.29 is 9.53 Å². The van der Waals surface area contributed by atoms with Crippen molar-refractivity contribution in [1.29, 1.82) is 0 Å². The number of fused-ring (bicyclic) bond motifs is 2. The van der Waals surface area contributed by atoms with Crippen LogP contribution in [0.1, 0.15) is 18.4 Å². The summed E-state index contributed by atoms with van der Waals surface area (Å²) in [6, 6.07) is 22.8. The number of carbonyl (C=O) groups excluding carboxylic acids is 1. The second-order valence-electron chi connectivity index (χ2n) is 7.45. The highest BCUT2D eigenvalue weighted by molar-refractivity contribution is 5.84. The molecule has 0 aliphatic heterocycles. The quantitative estimate of drug-likeness (QED) is 0.525. The number of nitrogens with zero attached hydrogens (tertiary/aromatic N) is 1. The van der Waals surface area contributed by atoms with Crippen LogP contribution in [0.15, 0.2) is 72.9 Å². The Morgan fingerprint density at radius 3 is 2.68 bits per heavy atom. The van der Waals surface area contributed by atoms with Gasteiger partial charge in [-0.2, -0.15) is 0 Å². The van der Waals surface area contributed by atoms with Gasteiger partial charge < -0.3 is 14.6 Å². The zero-order chi connectivity index (χ0) is 18.9. The number of rotatable bonds is 6. The van der Waals surface area contributed by atoms with E-state index in [1.165, 1.54) is 10.8 Å². The van der Waals surface area contributed by atoms with E-state index in [9.17, 15) is 4.79 Å². The van der Waals surface area contributed by atoms with Crippen LogP contribution >= 0.6 is 0 Å². The number of H-pyrrole nitrogens is 1. The Kier molecular flexibility index (Phi) is 4.24. The normalized spacial score (nSPS) is 13.7. The number of amides is 1. The average Bonchev–Trinajstić information content (AvgIpc) is 3.46. The highest BCUT2D eigenvalue weighted by Crippen LogP contribution is 2.29. The molecule has 0 bridgehead atoms. The van der Waals surface area contributed by atoms with E-state index < -0.39 is 0 Å². The highest BCUT2D eigenvalue weighted by atomic mass is 16.5. The van der Waals surface area contributed by atoms with Crippen LogP contribution in [0.25, 0.3) is 21.7 Å². The predicted octanol–water partition coefficient (Wildman–Crippen LogP) is 4.89. The van der Waals surface area contributed by atoms with Crippen LogP contribution < -0.4 is 4.74 Å². The molecule has 0 atom stereocenters. The van der Waals surface area contributed by atoms with Gasteiger partial charge in [0, 0.05) is 24.3 Å². The molecule has 0 unspecified atom stereocenters. The SMILES string of the molecule is O=C(COc1ccc2ccccc2c1)N(Cc1ccc2[nH]ccc2c1)C1CC1. The van der Waals surface area contributed by atoms with Crippen molar-refractivity contribution in [2.75, 3.05) is 6.61 Å². The third-order valence-electron chi connectivity index (χ3n) is 5.36. The van der Waals surface area contributed by atoms with Crippen molar-refractivity contribution in [1.82, 2.24) is 9.88 Å². The maximum absolute atomic E-state index is 12.9. The molecule has 1 heterocycles. The zero-order valence-electron chi connectivity index (χ0n) is 15.6. The van der Waals surface area contributed by atoms with E-state index in [0.717, 1.165) is 35.1 Å². The molecular formula is C24H22N2O2. The van der Waals surface area contributed by atoms with Gasteiger partial charge >= 0.3 is 0 Å². The lowest BCUT2D eigenvalue weighted by molar-refractivity contribution is -0.134. The Morgan fingerprint density at radius 1 is 0.964 bits per heavy atom. The van der Waals surface area contributed by atoms with Crippen molar-refractivity contribution in [2.24, 2.45) is 0 Å². The molecule has 0 spiro atoms. The summed E-state index contributed by atoms with van der Waals surface area (Å²) in [5, 5.41) is 3.46. The van der Waals surface area contributed by atoms with E-state index >= 15 is 0 Å². The summed E-state index contributed by atoms with van der Waals surface area (Å²) in [4.78, 5) is 18.0. The zero-order valence-corrected chi connectivity index (χ0v) is 15.6. The molecule has 0 saturated heterocycles. The molecule has 1 aliphatic carbocycles. The summed E-state index contributed by atoms with van der Waals surface area (Å²) in [5.74, 6) is 0.779. The lowest BCUT2D eigenvalue weighted by Crippen LogP contribution is -2.36. The Labute approximate surface area is 163 Å². The second kappa shape index (κ2) is 7.04. The smallest absolute Gasteiger partial charge is 0.261 e. The number of aromatic amines is 1. The van der Waals surface area contributed by atoms with E-state index in [2.05, 4.69) is 41.4 Å². The van der Waals surface area contributed by atoms with E-state index in [1.54, 1.807) is 0 Å². The van der Waals surface area contributed by atoms with Gasteiger partial charge in [0.05, 0.1) is 0 Å². The number of hydrogen-bond acceptors (Lipinski definition) is 2. The predicted molar refractivity (Wildman–Crippen MR) is 111 cm³/mol. The summed E-state index contributed by atoms with van der Waals surface area (Å²) in [7, 11) is 0. The number of hydrogen-bond donors (Lipinski definition) is 1. The third kappa shape index (κ3) is 3.46. The molecule has 0 radical (unpaired) electrons. The molecule has 3 aromatic carbocycles. The van der Waals surface area contributed by atoms with Gasteiger partial charge in [-0.05, 0) is 64.9 Å². The Hall–Kier alpha value is -3.27. The number of carbonyl (C=O) groups is 1. The Balaban J connectivity index is 1.28. The summed E-state index contributed by atoms with van der Waals surface area (Å²) < 4.78 is 5.83. The van der Waals surface area contributed by atoms with Gasteiger partial charge in [0.25, 0.3) is 5.91 Å². The number of benzene rings is 3. The maximum atomic E-state index is 12.9. The van der Waals surface area contributed by atoms with Gasteiger partial charge in [-0.15, -0.1) is 0 Å². The fourth-order valence-electron chi connectivity index (χ4n) is 3.69. The molecule has 1 saturated carbocycles. The number of nitrogens with one attached hydrogen (secondary N) is 1. The fourth-order valence-corrected chi connectivity index (χ4v) is 3.69. The minimum absolute atomic E-state index is 0.0461. The number of ether oxygens (including phenoxy) is 1. The molecule has 1 fully saturated rings. The largest absolute Gasteiger partial charge is 0.484 e. The van der Waals surface area contributed by atoms with Gasteiger partial charge in [0.1, 0.15) is 5.75 Å². The Bertz CT molecular complexity index is 1140. The summed E-state index contributed by atoms with van der Waals surface area (Å²) in [5.41, 5.74) is 2.27. The molecule has 4 aromatic rings. The fraction of sp³-hybridized carbons (Fsp3) is 0.208. The van der Waals surface area contributed by atoms with Crippen LogP contribution in [0, 0.1) is 0 Å². The Morgan fingerprint density at radius 2 is 1.82 bits per heavy atom. The molecule has 1 aromatic heterocycles. The van der Waals surface area contributed by atoms with Crippen LogP contribution in [0.5, 0.6) is 5.75 Å². The summed E-state index contributed by atoms with van der Waals surface area (Å²) >= 11 is 0. The van der Waals surface area contributed by atoms with Gasteiger partial charge in [-0.3, -0.25) is 4.79 Å². The number of aromatic nitrogens is 1. The lowest BCUT2D eigenvalue weighted by Gasteiger charge is -2.23. The first-order valence-corrected chi connectivity index (χ1v) is 9.73. The lowest BCUT2D eigenvalue weighted by atomic mass is 10.1. The first kappa shape index (κ1) is 16.9. The van der Waals surface area contributed by atoms with Crippen LogP contribution in [-0.2, 0) is 11.3 Å². The molecule has 5 rings (SSSR count). The molecule has 4 heteroatoms. The van der Waals surface area contributed by atoms with Crippen LogP contribution in [0.2, 0.25) is 0 Å². The van der Waals surface area contributed by atoms with Crippen LogP contribution in [0.3, 0.4) is 0 Å². The second-order valence-corrected chi connectivity index (χ2v) is 7.45. The van der Waals surface area contributed by atoms with Gasteiger partial charge in [-0.25, -0.2) is 0 Å². The van der Waals surface area contributed by atoms with E-state index in [0.29, 0.717) is 12.6 Å². The van der Waals surface area contributed by atoms with E-state index in [1.807, 2.05) is 41.4 Å². The topological polar surface area (TPSA) is 45.3 Å². The third-order valence-corrected chi connectivity index (χ3v) is 5.36. The molecular weight excluding hydrogens is 348 g/mol. The van der Waals surface area contributed by atoms with Crippen molar-refractivity contribution in [2.45, 2.75) is 25.4 Å². The molecule has 4 nitrogen and oxygen atoms in total. The highest BCUT2D eigenvalue weighted by Gasteiger charge is 2.32. The van der Waals surface area contributed by atoms with Gasteiger partial charge in [0.2, 0.25) is 0 Å². The van der Waals surface area contributed by atoms with Crippen molar-refractivity contribution >= 4 is 27.6 Å². The molecule has 1 amide bonds. The van der Waals surface area contributed by atoms with Crippen molar-refractivity contribution in [3.05, 3.63) is 78.5 Å². The van der Waals surface area contributed by atoms with Gasteiger partial charge in [0.15, 0.2) is 6.61 Å². The first-order chi connectivity index (χ1) is 13.8. The molecule has 1 N–H and O–H groups in total. The minimum Gasteiger partial charge on any atom is -0.484 e. The maximum Gasteiger partial charge on any atom is 0.261 e. The molecule has 28 heavy (non-hydrogen) atoms. The van der Waals surface area contributed by atoms with E-state index in [-0.39, 0.29) is 12.5 Å². The minimum atomic E-state index is 0.0461. The van der Waals surface area contributed by atoms with Crippen molar-refractivity contribution in [3.63, 3.8) is 0 Å². The summed E-state index contributed by atoms with van der Waals surface area (Å²) in [6.45, 7) is 0.701.